The molecule has 6 aliphatic rings. The SMILES string of the molecule is C#CC#CC#CC#CC#CC#CC#CC#CC#CC(C)CC1C(=O)N(C(C)=O)C(=O)C1C.C=CC(/C=C/C(CC/C=C/CC)C1CC(=O)N(C(C)=O)C1=O)CC.CC(=O)N1C(=O)C(C)C(CC(C)OC2CC3CC2C2CCCC32)C1=O.[HH].[HH].[HH].[HH].[HH].[HH].[HH].[HH].[HH].[HH].[HH].[HH].[HH].[HH].[HH].[HH]. The summed E-state index contributed by atoms with van der Waals surface area (Å²) in [5.74, 6) is 39.4. The van der Waals surface area contributed by atoms with E-state index in [1.165, 1.54) is 52.9 Å². The van der Waals surface area contributed by atoms with Crippen molar-refractivity contribution >= 4 is 53.2 Å². The van der Waals surface area contributed by atoms with Gasteiger partial charge in [0.1, 0.15) is 0 Å². The van der Waals surface area contributed by atoms with Crippen LogP contribution in [-0.4, -0.2) is 80.1 Å². The summed E-state index contributed by atoms with van der Waals surface area (Å²) in [5, 5.41) is 0. The topological polar surface area (TPSA) is 173 Å². The second-order valence-corrected chi connectivity index (χ2v) is 21.2. The molecule has 0 N–H and O–H groups in total. The van der Waals surface area contributed by atoms with Crippen LogP contribution < -0.4 is 0 Å². The molecular weight excluding hydrogens is 1020 g/mol. The molecular formula is C68H105N3O10. The second kappa shape index (κ2) is 32.7. The van der Waals surface area contributed by atoms with Gasteiger partial charge in [0.15, 0.2) is 0 Å². The fourth-order valence-electron chi connectivity index (χ4n) is 11.9. The summed E-state index contributed by atoms with van der Waals surface area (Å²) in [6.07, 6.45) is 26.6. The first kappa shape index (κ1) is 65.2. The number of hydrogen-bond acceptors (Lipinski definition) is 10. The molecule has 14 unspecified atom stereocenters. The highest BCUT2D eigenvalue weighted by Gasteiger charge is 2.55. The number of likely N-dealkylation sites (tertiary alicyclic amines) is 3. The molecule has 3 saturated carbocycles. The van der Waals surface area contributed by atoms with E-state index < -0.39 is 59.1 Å². The van der Waals surface area contributed by atoms with Crippen molar-refractivity contribution in [1.82, 2.24) is 14.7 Å². The Kier molecular flexibility index (Phi) is 26.3. The van der Waals surface area contributed by atoms with E-state index in [-0.39, 0.29) is 76.7 Å². The van der Waals surface area contributed by atoms with Crippen LogP contribution >= 0.6 is 0 Å². The maximum Gasteiger partial charge on any atom is 0.240 e. The number of ether oxygens (including phenoxy) is 1. The van der Waals surface area contributed by atoms with Crippen molar-refractivity contribution in [3.63, 3.8) is 0 Å². The first-order valence-corrected chi connectivity index (χ1v) is 28.0. The number of hydrogen-bond donors (Lipinski definition) is 0. The Morgan fingerprint density at radius 2 is 1.16 bits per heavy atom. The lowest BCUT2D eigenvalue weighted by molar-refractivity contribution is -0.151. The van der Waals surface area contributed by atoms with Gasteiger partial charge in [-0.1, -0.05) is 77.3 Å². The van der Waals surface area contributed by atoms with Crippen molar-refractivity contribution in [2.24, 2.45) is 71.0 Å². The summed E-state index contributed by atoms with van der Waals surface area (Å²) in [6, 6.07) is 0. The lowest BCUT2D eigenvalue weighted by atomic mass is 9.80. The number of terminal acetylenes is 1. The van der Waals surface area contributed by atoms with Crippen LogP contribution in [0, 0.1) is 178 Å². The molecule has 0 spiro atoms. The molecule has 13 heteroatoms. The number of allylic oxidation sites excluding steroid dienone is 5. The molecule has 0 aromatic heterocycles. The van der Waals surface area contributed by atoms with E-state index in [4.69, 9.17) is 11.2 Å². The highest BCUT2D eigenvalue weighted by Crippen LogP contribution is 2.59. The van der Waals surface area contributed by atoms with Crippen LogP contribution in [0.1, 0.15) is 162 Å². The Bertz CT molecular complexity index is 3180. The average molecular weight is 1120 g/mol. The number of nitrogens with zero attached hydrogens (tertiary/aromatic N) is 3. The zero-order valence-corrected chi connectivity index (χ0v) is 48.2. The molecule has 452 valence electrons. The average Bonchev–Trinajstić information content (AvgIpc) is 1.61. The van der Waals surface area contributed by atoms with Gasteiger partial charge in [0, 0.05) is 67.8 Å². The van der Waals surface area contributed by atoms with Crippen LogP contribution in [-0.2, 0) is 47.9 Å². The zero-order chi connectivity index (χ0) is 59.8. The van der Waals surface area contributed by atoms with Crippen molar-refractivity contribution in [2.75, 3.05) is 0 Å². The van der Waals surface area contributed by atoms with E-state index in [0.29, 0.717) is 24.9 Å². The van der Waals surface area contributed by atoms with Gasteiger partial charge < -0.3 is 4.74 Å². The van der Waals surface area contributed by atoms with E-state index in [0.717, 1.165) is 58.1 Å². The standard InChI is InChI=1S/C28H15NO3.C20H29NO4.C20H29NO3.16H2/c1-5-6-7-8-9-10-11-12-13-14-15-16-17-18-19-20-21-23(2)22-26-24(3)27(31)29(25(4)30)28(26)32;1-10(7-16-11(2)19(23)21(12(3)22)20(16)24)25-18-9-13-8-17(18)15-6-4-5-14(13)15;1-5-8-9-10-11-17(13-12-16(6-2)7-3)18-14-19(23)21(15(4)22)20(18)24;;;;;;;;;;;;;;;;/h1,23-24,26H,22H2,2-4H3;10-11,13-18H,4-9H2,1-3H3;6,8-9,12-13,16-18H,2,5,7,10-11,14H2,1,3-4H3;16*1H/b;;9-8+,13-12+;;;;;;;;;;;;;;;;. The predicted octanol–water partition coefficient (Wildman–Crippen LogP) is 11.6. The third-order valence-corrected chi connectivity index (χ3v) is 15.8. The Hall–Kier alpha value is -8.35. The normalized spacial score (nSPS) is 25.8. The predicted molar refractivity (Wildman–Crippen MR) is 341 cm³/mol. The van der Waals surface area contributed by atoms with Crippen LogP contribution in [0.25, 0.3) is 0 Å². The van der Waals surface area contributed by atoms with E-state index in [1.807, 2.05) is 26.0 Å². The molecule has 3 heterocycles. The van der Waals surface area contributed by atoms with Gasteiger partial charge in [0.05, 0.1) is 30.0 Å². The summed E-state index contributed by atoms with van der Waals surface area (Å²) in [7, 11) is 0. The van der Waals surface area contributed by atoms with Crippen LogP contribution in [0.15, 0.2) is 37.0 Å². The second-order valence-electron chi connectivity index (χ2n) is 21.2. The highest BCUT2D eigenvalue weighted by molar-refractivity contribution is 6.17. The molecule has 3 aliphatic heterocycles. The lowest BCUT2D eigenvalue weighted by Crippen LogP contribution is -2.36. The minimum Gasteiger partial charge on any atom is -0.375 e. The monoisotopic (exact) mass is 1120 g/mol. The molecule has 6 rings (SSSR count). The molecule has 3 saturated heterocycles. The Morgan fingerprint density at radius 3 is 1.63 bits per heavy atom. The number of amides is 9. The fraction of sp³-hybridized carbons (Fsp3) is 0.515. The van der Waals surface area contributed by atoms with Crippen LogP contribution in [0.2, 0.25) is 0 Å². The van der Waals surface area contributed by atoms with Crippen molar-refractivity contribution < 1.29 is 70.7 Å². The van der Waals surface area contributed by atoms with Crippen LogP contribution in [0.5, 0.6) is 0 Å². The fourth-order valence-corrected chi connectivity index (χ4v) is 11.9. The van der Waals surface area contributed by atoms with Crippen LogP contribution in [0.4, 0.5) is 0 Å². The third-order valence-electron chi connectivity index (χ3n) is 15.8. The first-order chi connectivity index (χ1) is 38.7. The summed E-state index contributed by atoms with van der Waals surface area (Å²) in [4.78, 5) is 110. The Morgan fingerprint density at radius 1 is 0.654 bits per heavy atom. The van der Waals surface area contributed by atoms with Crippen molar-refractivity contribution in [2.45, 2.75) is 152 Å². The van der Waals surface area contributed by atoms with Gasteiger partial charge in [-0.2, -0.15) is 0 Å². The Labute approximate surface area is 504 Å². The first-order valence-electron chi connectivity index (χ1n) is 28.0. The van der Waals surface area contributed by atoms with E-state index in [2.05, 4.69) is 139 Å². The van der Waals surface area contributed by atoms with Crippen molar-refractivity contribution in [1.29, 1.82) is 0 Å². The molecule has 6 fully saturated rings. The largest absolute Gasteiger partial charge is 0.375 e. The van der Waals surface area contributed by atoms with E-state index in [1.54, 1.807) is 13.8 Å². The van der Waals surface area contributed by atoms with Gasteiger partial charge >= 0.3 is 0 Å². The highest BCUT2D eigenvalue weighted by atomic mass is 16.5. The molecule has 0 radical (unpaired) electrons. The van der Waals surface area contributed by atoms with Crippen molar-refractivity contribution in [3.05, 3.63) is 37.0 Å². The molecule has 0 aromatic rings. The molecule has 9 amide bonds. The van der Waals surface area contributed by atoms with E-state index in [9.17, 15) is 43.2 Å². The van der Waals surface area contributed by atoms with E-state index >= 15 is 0 Å². The smallest absolute Gasteiger partial charge is 0.240 e. The summed E-state index contributed by atoms with van der Waals surface area (Å²) in [6.45, 7) is 19.0. The summed E-state index contributed by atoms with van der Waals surface area (Å²) < 4.78 is 6.38. The summed E-state index contributed by atoms with van der Waals surface area (Å²) >= 11 is 0. The number of carbonyl (C=O) groups is 9. The minimum atomic E-state index is -0.559. The maximum absolute atomic E-state index is 12.5. The Balaban J connectivity index is -0.0000000924. The molecule has 0 aromatic carbocycles. The molecule has 2 bridgehead atoms. The number of carbonyl (C=O) groups excluding carboxylic acids is 9. The van der Waals surface area contributed by atoms with Gasteiger partial charge in [-0.15, -0.1) is 13.0 Å². The third kappa shape index (κ3) is 18.1. The molecule has 14 atom stereocenters. The molecule has 13 nitrogen and oxygen atoms in total. The van der Waals surface area contributed by atoms with Crippen LogP contribution in [0.3, 0.4) is 0 Å². The zero-order valence-electron chi connectivity index (χ0n) is 48.2. The number of rotatable bonds is 15. The summed E-state index contributed by atoms with van der Waals surface area (Å²) in [5.41, 5.74) is 0. The van der Waals surface area contributed by atoms with Gasteiger partial charge in [-0.3, -0.25) is 43.2 Å². The van der Waals surface area contributed by atoms with Gasteiger partial charge in [-0.05, 0) is 201 Å². The number of fused-ring (bicyclic) bond motifs is 5. The number of imide groups is 9. The molecule has 81 heavy (non-hydrogen) atoms. The van der Waals surface area contributed by atoms with Gasteiger partial charge in [-0.25, -0.2) is 14.7 Å². The van der Waals surface area contributed by atoms with Gasteiger partial charge in [0.2, 0.25) is 53.2 Å². The maximum atomic E-state index is 12.5. The quantitative estimate of drug-likeness (QED) is 0.0872. The minimum absolute atomic E-state index is 0. The lowest BCUT2D eigenvalue weighted by Gasteiger charge is -2.33. The van der Waals surface area contributed by atoms with Gasteiger partial charge in [0.25, 0.3) is 0 Å². The molecule has 3 aliphatic carbocycles. The van der Waals surface area contributed by atoms with Crippen molar-refractivity contribution in [3.8, 4) is 107 Å².